The quantitative estimate of drug-likeness (QED) is 0.717. The van der Waals surface area contributed by atoms with E-state index in [4.69, 9.17) is 0 Å². The maximum atomic E-state index is 13.0. The molecule has 0 radical (unpaired) electrons. The number of fused-ring (bicyclic) bond motifs is 1. The monoisotopic (exact) mass is 435 g/mol. The fourth-order valence-corrected chi connectivity index (χ4v) is 5.63. The smallest absolute Gasteiger partial charge is 0.230 e. The Morgan fingerprint density at radius 3 is 2.26 bits per heavy atom. The van der Waals surface area contributed by atoms with Gasteiger partial charge in [0, 0.05) is 49.7 Å². The molecule has 1 saturated heterocycles. The number of anilines is 3. The molecule has 2 heterocycles. The normalized spacial score (nSPS) is 21.1. The fourth-order valence-electron chi connectivity index (χ4n) is 4.73. The first-order valence-corrected chi connectivity index (χ1v) is 12.4. The van der Waals surface area contributed by atoms with Crippen LogP contribution in [-0.2, 0) is 9.59 Å². The molecule has 1 unspecified atom stereocenters. The Balaban J connectivity index is 1.49. The van der Waals surface area contributed by atoms with Crippen LogP contribution in [0.2, 0.25) is 0 Å². The molecule has 162 valence electrons. The summed E-state index contributed by atoms with van der Waals surface area (Å²) in [7, 11) is 0. The van der Waals surface area contributed by atoms with Crippen molar-refractivity contribution >= 4 is 40.6 Å². The van der Waals surface area contributed by atoms with Gasteiger partial charge in [0.2, 0.25) is 11.8 Å². The van der Waals surface area contributed by atoms with Crippen molar-refractivity contribution < 1.29 is 9.59 Å². The first-order valence-electron chi connectivity index (χ1n) is 11.2. The van der Waals surface area contributed by atoms with E-state index in [0.29, 0.717) is 6.54 Å². The summed E-state index contributed by atoms with van der Waals surface area (Å²) in [4.78, 5) is 31.6. The van der Waals surface area contributed by atoms with Gasteiger partial charge in [0.05, 0.1) is 17.4 Å². The lowest BCUT2D eigenvalue weighted by Gasteiger charge is -2.41. The lowest BCUT2D eigenvalue weighted by molar-refractivity contribution is -0.120. The molecule has 2 aromatic carbocycles. The predicted molar refractivity (Wildman–Crippen MR) is 129 cm³/mol. The average Bonchev–Trinajstić information content (AvgIpc) is 3.64. The molecule has 31 heavy (non-hydrogen) atoms. The van der Waals surface area contributed by atoms with Gasteiger partial charge in [0.25, 0.3) is 0 Å². The Kier molecular flexibility index (Phi) is 5.42. The second-order valence-corrected chi connectivity index (χ2v) is 10.0. The van der Waals surface area contributed by atoms with E-state index in [1.807, 2.05) is 34.6 Å². The van der Waals surface area contributed by atoms with Crippen LogP contribution in [0.1, 0.15) is 26.7 Å². The minimum absolute atomic E-state index is 0.0177. The Bertz CT molecular complexity index is 996. The van der Waals surface area contributed by atoms with Gasteiger partial charge < -0.3 is 14.7 Å². The standard InChI is InChI=1S/C25H29N3O2S/c1-17-16-27(25(30)20-3-4-20)24-15-21(7-10-23(24)28(17)18(2)29)19-5-8-22(9-6-19)26-11-13-31-14-12-26/h5-10,15,17,20H,3-4,11-14,16H2,1-2H3. The average molecular weight is 436 g/mol. The van der Waals surface area contributed by atoms with Crippen molar-refractivity contribution in [2.45, 2.75) is 32.7 Å². The van der Waals surface area contributed by atoms with Crippen molar-refractivity contribution in [3.05, 3.63) is 42.5 Å². The largest absolute Gasteiger partial charge is 0.370 e. The van der Waals surface area contributed by atoms with Gasteiger partial charge in [-0.25, -0.2) is 0 Å². The summed E-state index contributed by atoms with van der Waals surface area (Å²) < 4.78 is 0. The number of thioether (sulfide) groups is 1. The van der Waals surface area contributed by atoms with E-state index in [1.165, 1.54) is 17.2 Å². The second kappa shape index (κ2) is 8.23. The maximum Gasteiger partial charge on any atom is 0.230 e. The third-order valence-electron chi connectivity index (χ3n) is 6.52. The molecule has 2 aromatic rings. The topological polar surface area (TPSA) is 43.9 Å². The number of amides is 2. The molecule has 6 heteroatoms. The summed E-state index contributed by atoms with van der Waals surface area (Å²) >= 11 is 2.02. The molecule has 0 bridgehead atoms. The van der Waals surface area contributed by atoms with Crippen LogP contribution in [0, 0.1) is 5.92 Å². The third-order valence-corrected chi connectivity index (χ3v) is 7.46. The fraction of sp³-hybridized carbons (Fsp3) is 0.440. The van der Waals surface area contributed by atoms with Crippen LogP contribution in [0.15, 0.2) is 42.5 Å². The number of carbonyl (C=O) groups excluding carboxylic acids is 2. The first-order chi connectivity index (χ1) is 15.0. The van der Waals surface area contributed by atoms with E-state index in [9.17, 15) is 9.59 Å². The van der Waals surface area contributed by atoms with Crippen molar-refractivity contribution in [2.75, 3.05) is 45.8 Å². The molecule has 5 rings (SSSR count). The molecule has 0 N–H and O–H groups in total. The molecule has 1 aliphatic carbocycles. The molecule has 2 amide bonds. The van der Waals surface area contributed by atoms with E-state index < -0.39 is 0 Å². The molecule has 2 fully saturated rings. The molecule has 1 saturated carbocycles. The van der Waals surface area contributed by atoms with Gasteiger partial charge >= 0.3 is 0 Å². The predicted octanol–water partition coefficient (Wildman–Crippen LogP) is 4.40. The SMILES string of the molecule is CC(=O)N1c2ccc(-c3ccc(N4CCSCC4)cc3)cc2N(C(=O)C2CC2)CC1C. The van der Waals surface area contributed by atoms with Crippen molar-refractivity contribution in [1.29, 1.82) is 0 Å². The second-order valence-electron chi connectivity index (χ2n) is 8.81. The molecule has 0 aromatic heterocycles. The number of rotatable bonds is 3. The van der Waals surface area contributed by atoms with Crippen molar-refractivity contribution in [3.8, 4) is 11.1 Å². The van der Waals surface area contributed by atoms with Gasteiger partial charge in [-0.05, 0) is 55.2 Å². The van der Waals surface area contributed by atoms with Gasteiger partial charge in [-0.2, -0.15) is 11.8 Å². The highest BCUT2D eigenvalue weighted by atomic mass is 32.2. The van der Waals surface area contributed by atoms with Crippen LogP contribution in [0.3, 0.4) is 0 Å². The molecule has 3 aliphatic rings. The van der Waals surface area contributed by atoms with Crippen LogP contribution >= 0.6 is 11.8 Å². The number of carbonyl (C=O) groups is 2. The van der Waals surface area contributed by atoms with Crippen LogP contribution in [-0.4, -0.2) is 49.0 Å². The van der Waals surface area contributed by atoms with Crippen LogP contribution in [0.5, 0.6) is 0 Å². The highest BCUT2D eigenvalue weighted by molar-refractivity contribution is 7.99. The Labute approximate surface area is 188 Å². The third kappa shape index (κ3) is 3.93. The Morgan fingerprint density at radius 1 is 0.935 bits per heavy atom. The Morgan fingerprint density at radius 2 is 1.61 bits per heavy atom. The highest BCUT2D eigenvalue weighted by Gasteiger charge is 2.39. The minimum atomic E-state index is -0.0273. The van der Waals surface area contributed by atoms with Crippen LogP contribution in [0.4, 0.5) is 17.1 Å². The zero-order chi connectivity index (χ0) is 21.5. The summed E-state index contributed by atoms with van der Waals surface area (Å²) in [5, 5.41) is 0. The maximum absolute atomic E-state index is 13.0. The van der Waals surface area contributed by atoms with E-state index in [-0.39, 0.29) is 23.8 Å². The van der Waals surface area contributed by atoms with E-state index in [1.54, 1.807) is 6.92 Å². The van der Waals surface area contributed by atoms with E-state index in [2.05, 4.69) is 41.3 Å². The lowest BCUT2D eigenvalue weighted by Crippen LogP contribution is -2.51. The summed E-state index contributed by atoms with van der Waals surface area (Å²) in [6, 6.07) is 14.9. The molecule has 5 nitrogen and oxygen atoms in total. The number of benzene rings is 2. The summed E-state index contributed by atoms with van der Waals surface area (Å²) in [6.07, 6.45) is 1.96. The molecular formula is C25H29N3O2S. The van der Waals surface area contributed by atoms with Crippen LogP contribution < -0.4 is 14.7 Å². The van der Waals surface area contributed by atoms with Crippen LogP contribution in [0.25, 0.3) is 11.1 Å². The molecular weight excluding hydrogens is 406 g/mol. The van der Waals surface area contributed by atoms with E-state index >= 15 is 0 Å². The summed E-state index contributed by atoms with van der Waals surface area (Å²) in [6.45, 7) is 6.37. The highest BCUT2D eigenvalue weighted by Crippen LogP contribution is 2.42. The zero-order valence-electron chi connectivity index (χ0n) is 18.2. The summed E-state index contributed by atoms with van der Waals surface area (Å²) in [5.41, 5.74) is 5.17. The van der Waals surface area contributed by atoms with Gasteiger partial charge in [-0.1, -0.05) is 18.2 Å². The zero-order valence-corrected chi connectivity index (χ0v) is 19.0. The first kappa shape index (κ1) is 20.4. The number of hydrogen-bond donors (Lipinski definition) is 0. The van der Waals surface area contributed by atoms with Gasteiger partial charge in [-0.15, -0.1) is 0 Å². The van der Waals surface area contributed by atoms with Crippen molar-refractivity contribution in [2.24, 2.45) is 5.92 Å². The van der Waals surface area contributed by atoms with Crippen molar-refractivity contribution in [1.82, 2.24) is 0 Å². The van der Waals surface area contributed by atoms with Crippen molar-refractivity contribution in [3.63, 3.8) is 0 Å². The Hall–Kier alpha value is -2.47. The van der Waals surface area contributed by atoms with E-state index in [0.717, 1.165) is 48.4 Å². The van der Waals surface area contributed by atoms with Gasteiger partial charge in [0.15, 0.2) is 0 Å². The minimum Gasteiger partial charge on any atom is -0.370 e. The lowest BCUT2D eigenvalue weighted by atomic mass is 10.00. The van der Waals surface area contributed by atoms with Gasteiger partial charge in [0.1, 0.15) is 0 Å². The van der Waals surface area contributed by atoms with Gasteiger partial charge in [-0.3, -0.25) is 9.59 Å². The number of hydrogen-bond acceptors (Lipinski definition) is 4. The molecule has 2 aliphatic heterocycles. The molecule has 0 spiro atoms. The summed E-state index contributed by atoms with van der Waals surface area (Å²) in [5.74, 6) is 2.73. The molecule has 1 atom stereocenters. The number of nitrogens with zero attached hydrogens (tertiary/aromatic N) is 3.